The van der Waals surface area contributed by atoms with Crippen LogP contribution in [0.4, 0.5) is 5.13 Å². The number of carbonyl (C=O) groups excluding carboxylic acids is 1. The molecule has 1 aliphatic rings. The average molecular weight is 324 g/mol. The van der Waals surface area contributed by atoms with Crippen LogP contribution in [0.5, 0.6) is 11.5 Å². The zero-order chi connectivity index (χ0) is 15.6. The molecule has 1 aliphatic heterocycles. The van der Waals surface area contributed by atoms with E-state index >= 15 is 0 Å². The van der Waals surface area contributed by atoms with Gasteiger partial charge < -0.3 is 9.47 Å². The Morgan fingerprint density at radius 2 is 1.91 bits per heavy atom. The number of anilines is 1. The Kier molecular flexibility index (Phi) is 3.44. The lowest BCUT2D eigenvalue weighted by Gasteiger charge is -2.03. The van der Waals surface area contributed by atoms with E-state index in [4.69, 9.17) is 9.47 Å². The van der Waals surface area contributed by atoms with Gasteiger partial charge in [-0.2, -0.15) is 0 Å². The molecule has 0 saturated heterocycles. The molecule has 0 bridgehead atoms. The molecule has 0 fully saturated rings. The summed E-state index contributed by atoms with van der Waals surface area (Å²) in [4.78, 5) is 17.6. The van der Waals surface area contributed by atoms with Crippen LogP contribution in [0.25, 0.3) is 10.4 Å². The van der Waals surface area contributed by atoms with Crippen LogP contribution in [0.1, 0.15) is 10.4 Å². The Morgan fingerprint density at radius 1 is 1.09 bits per heavy atom. The maximum absolute atomic E-state index is 12.3. The molecule has 114 valence electrons. The van der Waals surface area contributed by atoms with Crippen molar-refractivity contribution in [3.63, 3.8) is 0 Å². The molecule has 2 aromatic carbocycles. The minimum atomic E-state index is -0.225. The number of nitrogens with zero attached hydrogens (tertiary/aromatic N) is 1. The molecule has 2 heterocycles. The van der Waals surface area contributed by atoms with E-state index in [9.17, 15) is 4.79 Å². The number of amides is 1. The van der Waals surface area contributed by atoms with Crippen molar-refractivity contribution in [3.8, 4) is 21.9 Å². The quantitative estimate of drug-likeness (QED) is 0.796. The molecule has 6 heteroatoms. The van der Waals surface area contributed by atoms with E-state index in [1.807, 2.05) is 30.3 Å². The van der Waals surface area contributed by atoms with Gasteiger partial charge in [0.25, 0.3) is 5.91 Å². The van der Waals surface area contributed by atoms with Gasteiger partial charge in [-0.15, -0.1) is 0 Å². The van der Waals surface area contributed by atoms with Crippen molar-refractivity contribution >= 4 is 22.4 Å². The molecule has 1 amide bonds. The number of hydrogen-bond acceptors (Lipinski definition) is 5. The molecule has 0 radical (unpaired) electrons. The van der Waals surface area contributed by atoms with Crippen molar-refractivity contribution in [3.05, 3.63) is 60.3 Å². The van der Waals surface area contributed by atoms with E-state index < -0.39 is 0 Å². The van der Waals surface area contributed by atoms with Crippen LogP contribution in [-0.4, -0.2) is 17.7 Å². The number of rotatable bonds is 3. The van der Waals surface area contributed by atoms with Gasteiger partial charge in [0.1, 0.15) is 0 Å². The average Bonchev–Trinajstić information content (AvgIpc) is 3.24. The fraction of sp³-hybridized carbons (Fsp3) is 0.0588. The Bertz CT molecular complexity index is 861. The van der Waals surface area contributed by atoms with E-state index in [0.29, 0.717) is 22.2 Å². The molecule has 23 heavy (non-hydrogen) atoms. The van der Waals surface area contributed by atoms with Crippen LogP contribution in [0.2, 0.25) is 0 Å². The summed E-state index contributed by atoms with van der Waals surface area (Å²) in [7, 11) is 0. The molecule has 4 rings (SSSR count). The van der Waals surface area contributed by atoms with Crippen molar-refractivity contribution in [1.82, 2.24) is 4.98 Å². The summed E-state index contributed by atoms with van der Waals surface area (Å²) in [6, 6.07) is 15.0. The van der Waals surface area contributed by atoms with E-state index in [1.165, 1.54) is 11.3 Å². The van der Waals surface area contributed by atoms with Gasteiger partial charge in [-0.1, -0.05) is 41.7 Å². The van der Waals surface area contributed by atoms with E-state index in [2.05, 4.69) is 10.3 Å². The first-order valence-corrected chi connectivity index (χ1v) is 7.83. The summed E-state index contributed by atoms with van der Waals surface area (Å²) >= 11 is 1.44. The van der Waals surface area contributed by atoms with Gasteiger partial charge in [0, 0.05) is 11.8 Å². The second-order valence-corrected chi connectivity index (χ2v) is 5.95. The third-order valence-corrected chi connectivity index (χ3v) is 4.38. The molecule has 1 N–H and O–H groups in total. The van der Waals surface area contributed by atoms with Crippen LogP contribution >= 0.6 is 11.3 Å². The Balaban J connectivity index is 1.52. The third kappa shape index (κ3) is 2.76. The molecule has 0 atom stereocenters. The smallest absolute Gasteiger partial charge is 0.257 e. The summed E-state index contributed by atoms with van der Waals surface area (Å²) in [6.45, 7) is 0.188. The minimum Gasteiger partial charge on any atom is -0.454 e. The SMILES string of the molecule is O=C(Nc1ncc(-c2ccccc2)s1)c1ccc2c(c1)OCO2. The maximum Gasteiger partial charge on any atom is 0.257 e. The fourth-order valence-electron chi connectivity index (χ4n) is 2.27. The Morgan fingerprint density at radius 3 is 2.78 bits per heavy atom. The monoisotopic (exact) mass is 324 g/mol. The standard InChI is InChI=1S/C17H12N2O3S/c20-16(12-6-7-13-14(8-12)22-10-21-13)19-17-18-9-15(23-17)11-4-2-1-3-5-11/h1-9H,10H2,(H,18,19,20). The molecular weight excluding hydrogens is 312 g/mol. The molecule has 0 aliphatic carbocycles. The number of hydrogen-bond donors (Lipinski definition) is 1. The van der Waals surface area contributed by atoms with Crippen LogP contribution < -0.4 is 14.8 Å². The van der Waals surface area contributed by atoms with Crippen LogP contribution in [0.15, 0.2) is 54.7 Å². The van der Waals surface area contributed by atoms with Crippen LogP contribution in [-0.2, 0) is 0 Å². The Labute approximate surface area is 136 Å². The lowest BCUT2D eigenvalue weighted by atomic mass is 10.2. The molecule has 0 saturated carbocycles. The van der Waals surface area contributed by atoms with Gasteiger partial charge in [-0.05, 0) is 23.8 Å². The van der Waals surface area contributed by atoms with Gasteiger partial charge in [-0.25, -0.2) is 4.98 Å². The number of carbonyl (C=O) groups is 1. The van der Waals surface area contributed by atoms with Gasteiger partial charge in [-0.3, -0.25) is 10.1 Å². The highest BCUT2D eigenvalue weighted by molar-refractivity contribution is 7.19. The number of nitrogens with one attached hydrogen (secondary N) is 1. The second kappa shape index (κ2) is 5.73. The van der Waals surface area contributed by atoms with Gasteiger partial charge >= 0.3 is 0 Å². The topological polar surface area (TPSA) is 60.5 Å². The summed E-state index contributed by atoms with van der Waals surface area (Å²) in [5, 5.41) is 3.37. The van der Waals surface area contributed by atoms with Crippen molar-refractivity contribution < 1.29 is 14.3 Å². The predicted octanol–water partition coefficient (Wildman–Crippen LogP) is 3.79. The van der Waals surface area contributed by atoms with E-state index in [0.717, 1.165) is 10.4 Å². The first kappa shape index (κ1) is 13.8. The molecule has 0 spiro atoms. The first-order valence-electron chi connectivity index (χ1n) is 7.02. The second-order valence-electron chi connectivity index (χ2n) is 4.92. The number of thiazole rings is 1. The van der Waals surface area contributed by atoms with Crippen molar-refractivity contribution in [2.45, 2.75) is 0 Å². The fourth-order valence-corrected chi connectivity index (χ4v) is 3.09. The highest BCUT2D eigenvalue weighted by Gasteiger charge is 2.17. The van der Waals surface area contributed by atoms with Crippen molar-refractivity contribution in [1.29, 1.82) is 0 Å². The Hall–Kier alpha value is -2.86. The van der Waals surface area contributed by atoms with Gasteiger partial charge in [0.05, 0.1) is 4.88 Å². The van der Waals surface area contributed by atoms with Crippen LogP contribution in [0.3, 0.4) is 0 Å². The summed E-state index contributed by atoms with van der Waals surface area (Å²) in [5.74, 6) is 1.01. The lowest BCUT2D eigenvalue weighted by Crippen LogP contribution is -2.11. The number of fused-ring (bicyclic) bond motifs is 1. The van der Waals surface area contributed by atoms with E-state index in [1.54, 1.807) is 24.4 Å². The van der Waals surface area contributed by atoms with Crippen LogP contribution in [0, 0.1) is 0 Å². The largest absolute Gasteiger partial charge is 0.454 e. The first-order chi connectivity index (χ1) is 11.3. The highest BCUT2D eigenvalue weighted by Crippen LogP contribution is 2.33. The number of aromatic nitrogens is 1. The number of benzene rings is 2. The summed E-state index contributed by atoms with van der Waals surface area (Å²) < 4.78 is 10.5. The normalized spacial score (nSPS) is 12.2. The summed E-state index contributed by atoms with van der Waals surface area (Å²) in [5.41, 5.74) is 1.58. The number of ether oxygens (including phenoxy) is 2. The van der Waals surface area contributed by atoms with Crippen molar-refractivity contribution in [2.24, 2.45) is 0 Å². The maximum atomic E-state index is 12.3. The summed E-state index contributed by atoms with van der Waals surface area (Å²) in [6.07, 6.45) is 1.76. The minimum absolute atomic E-state index is 0.188. The highest BCUT2D eigenvalue weighted by atomic mass is 32.1. The zero-order valence-electron chi connectivity index (χ0n) is 12.0. The molecule has 3 aromatic rings. The molecule has 0 unspecified atom stereocenters. The van der Waals surface area contributed by atoms with Gasteiger partial charge in [0.15, 0.2) is 16.6 Å². The molecule has 5 nitrogen and oxygen atoms in total. The van der Waals surface area contributed by atoms with Crippen molar-refractivity contribution in [2.75, 3.05) is 12.1 Å². The van der Waals surface area contributed by atoms with Gasteiger partial charge in [0.2, 0.25) is 6.79 Å². The third-order valence-electron chi connectivity index (χ3n) is 3.42. The van der Waals surface area contributed by atoms with E-state index in [-0.39, 0.29) is 12.7 Å². The zero-order valence-corrected chi connectivity index (χ0v) is 12.8. The lowest BCUT2D eigenvalue weighted by molar-refractivity contribution is 0.102. The molecule has 1 aromatic heterocycles. The predicted molar refractivity (Wildman–Crippen MR) is 88.1 cm³/mol. The molecular formula is C17H12N2O3S.